The topological polar surface area (TPSA) is 73.4 Å². The molecule has 1 saturated heterocycles. The van der Waals surface area contributed by atoms with Crippen molar-refractivity contribution in [2.45, 2.75) is 25.7 Å². The quantitative estimate of drug-likeness (QED) is 0.871. The molecule has 3 rings (SSSR count). The summed E-state index contributed by atoms with van der Waals surface area (Å²) < 4.78 is 13.1. The fourth-order valence-electron chi connectivity index (χ4n) is 3.39. The number of nitrogens with zero attached hydrogens (tertiary/aromatic N) is 1. The van der Waals surface area contributed by atoms with Crippen molar-refractivity contribution in [2.75, 3.05) is 13.1 Å². The van der Waals surface area contributed by atoms with Crippen LogP contribution in [-0.2, 0) is 4.79 Å². The lowest BCUT2D eigenvalue weighted by molar-refractivity contribution is -0.137. The maximum absolute atomic E-state index is 13.1. The zero-order valence-corrected chi connectivity index (χ0v) is 13.9. The third kappa shape index (κ3) is 4.07. The van der Waals surface area contributed by atoms with Crippen molar-refractivity contribution < 1.29 is 19.1 Å². The summed E-state index contributed by atoms with van der Waals surface area (Å²) in [7, 11) is 0. The average molecular weight is 344 g/mol. The zero-order valence-electron chi connectivity index (χ0n) is 13.9. The fraction of sp³-hybridized carbons (Fsp3) is 0.368. The van der Waals surface area contributed by atoms with Crippen LogP contribution in [0.3, 0.4) is 0 Å². The molecule has 2 aromatic rings. The Balaban J connectivity index is 1.74. The van der Waals surface area contributed by atoms with Crippen LogP contribution >= 0.6 is 0 Å². The number of piperidine rings is 1. The van der Waals surface area contributed by atoms with E-state index in [1.54, 1.807) is 29.4 Å². The standard InChI is InChI=1S/C19H21FN2O3/c20-15-6-4-14(5-7-15)16-10-21-11-17(16)19(25)22-9-1-2-13(12-22)3-8-18(23)24/h4-7,10-11,13,21H,1-3,8-9,12H2,(H,23,24). The van der Waals surface area contributed by atoms with Crippen molar-refractivity contribution in [3.8, 4) is 11.1 Å². The van der Waals surface area contributed by atoms with Gasteiger partial charge in [0.1, 0.15) is 5.82 Å². The van der Waals surface area contributed by atoms with Gasteiger partial charge < -0.3 is 15.0 Å². The van der Waals surface area contributed by atoms with Crippen LogP contribution in [-0.4, -0.2) is 40.0 Å². The maximum atomic E-state index is 13.1. The molecule has 0 bridgehead atoms. The van der Waals surface area contributed by atoms with Gasteiger partial charge in [0.05, 0.1) is 5.56 Å². The van der Waals surface area contributed by atoms with Gasteiger partial charge in [-0.25, -0.2) is 4.39 Å². The van der Waals surface area contributed by atoms with Gasteiger partial charge in [-0.2, -0.15) is 0 Å². The number of nitrogens with one attached hydrogen (secondary N) is 1. The van der Waals surface area contributed by atoms with Gasteiger partial charge in [-0.3, -0.25) is 9.59 Å². The number of benzene rings is 1. The van der Waals surface area contributed by atoms with Crippen LogP contribution in [0, 0.1) is 11.7 Å². The van der Waals surface area contributed by atoms with Crippen LogP contribution in [0.15, 0.2) is 36.7 Å². The summed E-state index contributed by atoms with van der Waals surface area (Å²) in [6.45, 7) is 1.26. The molecule has 0 radical (unpaired) electrons. The monoisotopic (exact) mass is 344 g/mol. The van der Waals surface area contributed by atoms with E-state index >= 15 is 0 Å². The SMILES string of the molecule is O=C(O)CCC1CCCN(C(=O)c2c[nH]cc2-c2ccc(F)cc2)C1. The second kappa shape index (κ2) is 7.51. The van der Waals surface area contributed by atoms with E-state index in [0.29, 0.717) is 25.1 Å². The summed E-state index contributed by atoms with van der Waals surface area (Å²) >= 11 is 0. The number of H-pyrrole nitrogens is 1. The molecule has 0 aliphatic carbocycles. The van der Waals surface area contributed by atoms with E-state index in [2.05, 4.69) is 4.98 Å². The van der Waals surface area contributed by atoms with Crippen molar-refractivity contribution >= 4 is 11.9 Å². The molecule has 2 N–H and O–H groups in total. The Morgan fingerprint density at radius 3 is 2.72 bits per heavy atom. The predicted octanol–water partition coefficient (Wildman–Crippen LogP) is 3.54. The lowest BCUT2D eigenvalue weighted by Crippen LogP contribution is -2.40. The van der Waals surface area contributed by atoms with Crippen LogP contribution < -0.4 is 0 Å². The smallest absolute Gasteiger partial charge is 0.303 e. The lowest BCUT2D eigenvalue weighted by Gasteiger charge is -2.32. The number of amides is 1. The maximum Gasteiger partial charge on any atom is 0.303 e. The van der Waals surface area contributed by atoms with Crippen molar-refractivity contribution in [3.63, 3.8) is 0 Å². The molecule has 1 aliphatic rings. The van der Waals surface area contributed by atoms with E-state index in [1.165, 1.54) is 12.1 Å². The molecule has 1 atom stereocenters. The summed E-state index contributed by atoms with van der Waals surface area (Å²) in [6.07, 6.45) is 5.98. The first-order valence-electron chi connectivity index (χ1n) is 8.48. The van der Waals surface area contributed by atoms with Crippen LogP contribution in [0.25, 0.3) is 11.1 Å². The number of carbonyl (C=O) groups excluding carboxylic acids is 1. The molecule has 1 amide bonds. The normalized spacial score (nSPS) is 17.5. The highest BCUT2D eigenvalue weighted by Crippen LogP contribution is 2.27. The molecule has 1 aromatic carbocycles. The Morgan fingerprint density at radius 2 is 2.00 bits per heavy atom. The average Bonchev–Trinajstić information content (AvgIpc) is 3.10. The zero-order chi connectivity index (χ0) is 17.8. The van der Waals surface area contributed by atoms with Crippen molar-refractivity contribution in [1.82, 2.24) is 9.88 Å². The number of likely N-dealkylation sites (tertiary alicyclic amines) is 1. The van der Waals surface area contributed by atoms with Crippen LogP contribution in [0.2, 0.25) is 0 Å². The Hall–Kier alpha value is -2.63. The Morgan fingerprint density at radius 1 is 1.24 bits per heavy atom. The van der Waals surface area contributed by atoms with E-state index in [9.17, 15) is 14.0 Å². The first kappa shape index (κ1) is 17.2. The number of hydrogen-bond donors (Lipinski definition) is 2. The van der Waals surface area contributed by atoms with Gasteiger partial charge >= 0.3 is 5.97 Å². The van der Waals surface area contributed by atoms with Gasteiger partial charge in [0.15, 0.2) is 0 Å². The molecule has 1 aliphatic heterocycles. The van der Waals surface area contributed by atoms with Gasteiger partial charge in [0, 0.05) is 37.5 Å². The van der Waals surface area contributed by atoms with E-state index < -0.39 is 5.97 Å². The Bertz CT molecular complexity index is 754. The second-order valence-electron chi connectivity index (χ2n) is 6.48. The molecule has 0 saturated carbocycles. The molecular weight excluding hydrogens is 323 g/mol. The van der Waals surface area contributed by atoms with Crippen LogP contribution in [0.1, 0.15) is 36.0 Å². The third-order valence-electron chi connectivity index (χ3n) is 4.70. The number of carboxylic acid groups (broad SMARTS) is 1. The molecular formula is C19H21FN2O3. The third-order valence-corrected chi connectivity index (χ3v) is 4.70. The molecule has 1 fully saturated rings. The highest BCUT2D eigenvalue weighted by Gasteiger charge is 2.26. The minimum absolute atomic E-state index is 0.0689. The van der Waals surface area contributed by atoms with Crippen LogP contribution in [0.5, 0.6) is 0 Å². The number of carboxylic acids is 1. The Labute approximate surface area is 145 Å². The van der Waals surface area contributed by atoms with Gasteiger partial charge in [0.2, 0.25) is 0 Å². The number of aromatic amines is 1. The summed E-state index contributed by atoms with van der Waals surface area (Å²) in [5.41, 5.74) is 2.09. The number of halogens is 1. The van der Waals surface area contributed by atoms with Gasteiger partial charge in [-0.15, -0.1) is 0 Å². The molecule has 1 unspecified atom stereocenters. The first-order chi connectivity index (χ1) is 12.0. The second-order valence-corrected chi connectivity index (χ2v) is 6.48. The minimum atomic E-state index is -0.798. The largest absolute Gasteiger partial charge is 0.481 e. The Kier molecular flexibility index (Phi) is 5.16. The summed E-state index contributed by atoms with van der Waals surface area (Å²) in [6, 6.07) is 6.06. The highest BCUT2D eigenvalue weighted by molar-refractivity contribution is 6.00. The van der Waals surface area contributed by atoms with E-state index in [4.69, 9.17) is 5.11 Å². The molecule has 6 heteroatoms. The summed E-state index contributed by atoms with van der Waals surface area (Å²) in [4.78, 5) is 28.4. The molecule has 132 valence electrons. The van der Waals surface area contributed by atoms with E-state index in [1.807, 2.05) is 0 Å². The molecule has 0 spiro atoms. The first-order valence-corrected chi connectivity index (χ1v) is 8.48. The van der Waals surface area contributed by atoms with Crippen LogP contribution in [0.4, 0.5) is 4.39 Å². The van der Waals surface area contributed by atoms with Gasteiger partial charge in [-0.05, 0) is 42.9 Å². The minimum Gasteiger partial charge on any atom is -0.481 e. The number of aromatic nitrogens is 1. The molecule has 2 heterocycles. The number of rotatable bonds is 5. The van der Waals surface area contributed by atoms with Crippen molar-refractivity contribution in [1.29, 1.82) is 0 Å². The van der Waals surface area contributed by atoms with E-state index in [0.717, 1.165) is 24.0 Å². The number of hydrogen-bond acceptors (Lipinski definition) is 2. The molecule has 1 aromatic heterocycles. The highest BCUT2D eigenvalue weighted by atomic mass is 19.1. The molecule has 25 heavy (non-hydrogen) atoms. The molecule has 5 nitrogen and oxygen atoms in total. The van der Waals surface area contributed by atoms with E-state index in [-0.39, 0.29) is 24.1 Å². The lowest BCUT2D eigenvalue weighted by atomic mass is 9.92. The van der Waals surface area contributed by atoms with Gasteiger partial charge in [-0.1, -0.05) is 12.1 Å². The number of carbonyl (C=O) groups is 2. The van der Waals surface area contributed by atoms with Crippen molar-refractivity contribution in [3.05, 3.63) is 48.0 Å². The number of aliphatic carboxylic acids is 1. The summed E-state index contributed by atoms with van der Waals surface area (Å²) in [5.74, 6) is -0.959. The predicted molar refractivity (Wildman–Crippen MR) is 91.7 cm³/mol. The van der Waals surface area contributed by atoms with Crippen molar-refractivity contribution in [2.24, 2.45) is 5.92 Å². The van der Waals surface area contributed by atoms with Gasteiger partial charge in [0.25, 0.3) is 5.91 Å². The fourth-order valence-corrected chi connectivity index (χ4v) is 3.39. The summed E-state index contributed by atoms with van der Waals surface area (Å²) in [5, 5.41) is 8.84.